The predicted molar refractivity (Wildman–Crippen MR) is 77.9 cm³/mol. The molecule has 1 aliphatic carbocycles. The molecule has 1 aliphatic rings. The first-order valence-electron chi connectivity index (χ1n) is 6.35. The summed E-state index contributed by atoms with van der Waals surface area (Å²) < 4.78 is 0. The first-order chi connectivity index (χ1) is 7.81. The van der Waals surface area contributed by atoms with Crippen LogP contribution in [0.25, 0.3) is 0 Å². The van der Waals surface area contributed by atoms with Crippen LogP contribution in [0.2, 0.25) is 25.7 Å². The van der Waals surface area contributed by atoms with Crippen molar-refractivity contribution < 1.29 is 4.79 Å². The Morgan fingerprint density at radius 2 is 2.18 bits per heavy atom. The van der Waals surface area contributed by atoms with Crippen LogP contribution in [-0.2, 0) is 4.79 Å². The lowest BCUT2D eigenvalue weighted by Crippen LogP contribution is -2.21. The molecule has 1 rings (SSSR count). The van der Waals surface area contributed by atoms with Gasteiger partial charge in [0, 0.05) is 14.5 Å². The Morgan fingerprint density at radius 3 is 2.71 bits per heavy atom. The average Bonchev–Trinajstić information content (AvgIpc) is 2.17. The molecule has 94 valence electrons. The summed E-state index contributed by atoms with van der Waals surface area (Å²) in [5, 5.41) is 0. The summed E-state index contributed by atoms with van der Waals surface area (Å²) in [6, 6.07) is 1.18. The van der Waals surface area contributed by atoms with Gasteiger partial charge in [-0.1, -0.05) is 37.9 Å². The molecule has 0 saturated heterocycles. The van der Waals surface area contributed by atoms with Gasteiger partial charge in [-0.3, -0.25) is 4.79 Å². The van der Waals surface area contributed by atoms with E-state index in [1.54, 1.807) is 6.08 Å². The van der Waals surface area contributed by atoms with Crippen molar-refractivity contribution in [1.29, 1.82) is 0 Å². The first kappa shape index (κ1) is 14.2. The molecule has 0 aromatic rings. The van der Waals surface area contributed by atoms with E-state index in [4.69, 9.17) is 0 Å². The van der Waals surface area contributed by atoms with E-state index in [9.17, 15) is 4.79 Å². The quantitative estimate of drug-likeness (QED) is 0.522. The molecule has 1 atom stereocenters. The van der Waals surface area contributed by atoms with Crippen molar-refractivity contribution in [2.75, 3.05) is 0 Å². The van der Waals surface area contributed by atoms with Crippen molar-refractivity contribution in [3.8, 4) is 0 Å². The Bertz CT molecular complexity index is 358. The minimum atomic E-state index is -1.06. The molecule has 2 heteroatoms. The van der Waals surface area contributed by atoms with Gasteiger partial charge in [0.05, 0.1) is 0 Å². The summed E-state index contributed by atoms with van der Waals surface area (Å²) in [6.45, 7) is 15.1. The van der Waals surface area contributed by atoms with Crippen LogP contribution >= 0.6 is 0 Å². The Hall–Kier alpha value is -0.893. The number of hydrogen-bond acceptors (Lipinski definition) is 1. The second kappa shape index (κ2) is 5.63. The topological polar surface area (TPSA) is 17.1 Å². The molecular formula is C15H24OSi. The predicted octanol–water partition coefficient (Wildman–Crippen LogP) is 4.36. The van der Waals surface area contributed by atoms with Crippen LogP contribution in [0.4, 0.5) is 0 Å². The molecule has 0 radical (unpaired) electrons. The molecule has 0 spiro atoms. The Morgan fingerprint density at radius 1 is 1.53 bits per heavy atom. The van der Waals surface area contributed by atoms with E-state index in [0.717, 1.165) is 18.4 Å². The monoisotopic (exact) mass is 248 g/mol. The van der Waals surface area contributed by atoms with Gasteiger partial charge in [0.2, 0.25) is 0 Å². The van der Waals surface area contributed by atoms with Crippen molar-refractivity contribution in [2.45, 2.75) is 44.9 Å². The van der Waals surface area contributed by atoms with E-state index < -0.39 is 8.07 Å². The molecule has 1 nitrogen and oxygen atoms in total. The van der Waals surface area contributed by atoms with Crippen molar-refractivity contribution in [3.63, 3.8) is 0 Å². The largest absolute Gasteiger partial charge is 0.295 e. The number of carbonyl (C=O) groups is 1. The van der Waals surface area contributed by atoms with Crippen LogP contribution in [0, 0.1) is 5.92 Å². The molecular weight excluding hydrogens is 224 g/mol. The molecule has 17 heavy (non-hydrogen) atoms. The fourth-order valence-electron chi connectivity index (χ4n) is 2.48. The number of allylic oxidation sites excluding steroid dienone is 4. The minimum absolute atomic E-state index is 0.243. The van der Waals surface area contributed by atoms with E-state index in [-0.39, 0.29) is 5.78 Å². The highest BCUT2D eigenvalue weighted by atomic mass is 28.3. The van der Waals surface area contributed by atoms with Crippen LogP contribution < -0.4 is 0 Å². The fraction of sp³-hybridized carbons (Fsp3) is 0.533. The zero-order valence-electron chi connectivity index (χ0n) is 11.4. The zero-order valence-corrected chi connectivity index (χ0v) is 12.4. The van der Waals surface area contributed by atoms with Gasteiger partial charge in [-0.25, -0.2) is 0 Å². The molecule has 0 aromatic heterocycles. The lowest BCUT2D eigenvalue weighted by molar-refractivity contribution is -0.115. The Labute approximate surface area is 106 Å². The van der Waals surface area contributed by atoms with Gasteiger partial charge < -0.3 is 0 Å². The van der Waals surface area contributed by atoms with Gasteiger partial charge in [-0.2, -0.15) is 0 Å². The molecule has 1 unspecified atom stereocenters. The number of carbonyl (C=O) groups excluding carboxylic acids is 1. The maximum absolute atomic E-state index is 11.4. The van der Waals surface area contributed by atoms with Crippen molar-refractivity contribution in [2.24, 2.45) is 5.92 Å². The summed E-state index contributed by atoms with van der Waals surface area (Å²) >= 11 is 0. The SMILES string of the molecule is C=CC1=CC(=O)CCC1CC(=C)C[Si](C)(C)C. The highest BCUT2D eigenvalue weighted by molar-refractivity contribution is 6.76. The van der Waals surface area contributed by atoms with E-state index in [2.05, 4.69) is 32.8 Å². The third kappa shape index (κ3) is 4.86. The molecule has 0 N–H and O–H groups in total. The average molecular weight is 248 g/mol. The van der Waals surface area contributed by atoms with E-state index in [1.165, 1.54) is 11.6 Å². The number of rotatable bonds is 5. The molecule has 0 aliphatic heterocycles. The van der Waals surface area contributed by atoms with Crippen LogP contribution in [0.15, 0.2) is 36.5 Å². The van der Waals surface area contributed by atoms with Gasteiger partial charge in [-0.05, 0) is 36.5 Å². The number of ketones is 1. The third-order valence-electron chi connectivity index (χ3n) is 3.09. The lowest BCUT2D eigenvalue weighted by Gasteiger charge is -2.25. The molecule has 0 amide bonds. The smallest absolute Gasteiger partial charge is 0.155 e. The second-order valence-corrected chi connectivity index (χ2v) is 11.7. The fourth-order valence-corrected chi connectivity index (χ4v) is 4.12. The molecule has 0 heterocycles. The molecule has 0 aromatic carbocycles. The van der Waals surface area contributed by atoms with Gasteiger partial charge in [0.15, 0.2) is 5.78 Å². The highest BCUT2D eigenvalue weighted by Gasteiger charge is 2.22. The summed E-state index contributed by atoms with van der Waals surface area (Å²) in [6.07, 6.45) is 6.27. The van der Waals surface area contributed by atoms with Gasteiger partial charge >= 0.3 is 0 Å². The standard InChI is InChI=1S/C15H24OSi/c1-6-13-10-15(16)8-7-14(13)9-12(2)11-17(3,4)5/h6,10,14H,1-2,7-9,11H2,3-5H3. The Kier molecular flexibility index (Phi) is 4.69. The van der Waals surface area contributed by atoms with Crippen LogP contribution in [0.5, 0.6) is 0 Å². The first-order valence-corrected chi connectivity index (χ1v) is 10.1. The second-order valence-electron chi connectivity index (χ2n) is 6.24. The third-order valence-corrected chi connectivity index (χ3v) is 4.65. The maximum Gasteiger partial charge on any atom is 0.155 e. The lowest BCUT2D eigenvalue weighted by atomic mass is 9.83. The Balaban J connectivity index is 2.63. The normalized spacial score (nSPS) is 21.0. The molecule has 0 saturated carbocycles. The van der Waals surface area contributed by atoms with Gasteiger partial charge in [-0.15, -0.1) is 6.58 Å². The van der Waals surface area contributed by atoms with Crippen molar-refractivity contribution in [3.05, 3.63) is 36.5 Å². The van der Waals surface area contributed by atoms with Crippen LogP contribution in [0.1, 0.15) is 19.3 Å². The van der Waals surface area contributed by atoms with Gasteiger partial charge in [0.25, 0.3) is 0 Å². The van der Waals surface area contributed by atoms with Gasteiger partial charge in [0.1, 0.15) is 0 Å². The summed E-state index contributed by atoms with van der Waals surface area (Å²) in [7, 11) is -1.06. The van der Waals surface area contributed by atoms with Crippen molar-refractivity contribution >= 4 is 13.9 Å². The van der Waals surface area contributed by atoms with Crippen LogP contribution in [-0.4, -0.2) is 13.9 Å². The van der Waals surface area contributed by atoms with E-state index in [1.807, 2.05) is 6.08 Å². The maximum atomic E-state index is 11.4. The zero-order chi connectivity index (χ0) is 13.1. The van der Waals surface area contributed by atoms with E-state index >= 15 is 0 Å². The molecule has 0 bridgehead atoms. The number of hydrogen-bond donors (Lipinski definition) is 0. The van der Waals surface area contributed by atoms with E-state index in [0.29, 0.717) is 12.3 Å². The minimum Gasteiger partial charge on any atom is -0.295 e. The summed E-state index contributed by atoms with van der Waals surface area (Å²) in [4.78, 5) is 11.4. The summed E-state index contributed by atoms with van der Waals surface area (Å²) in [5.41, 5.74) is 2.45. The summed E-state index contributed by atoms with van der Waals surface area (Å²) in [5.74, 6) is 0.709. The molecule has 0 fully saturated rings. The highest BCUT2D eigenvalue weighted by Crippen LogP contribution is 2.31. The van der Waals surface area contributed by atoms with Crippen LogP contribution in [0.3, 0.4) is 0 Å². The van der Waals surface area contributed by atoms with Crippen molar-refractivity contribution in [1.82, 2.24) is 0 Å².